The van der Waals surface area contributed by atoms with Crippen molar-refractivity contribution in [3.8, 4) is 0 Å². The number of allylic oxidation sites excluding steroid dienone is 1. The van der Waals surface area contributed by atoms with E-state index in [-0.39, 0.29) is 22.4 Å². The Hall–Kier alpha value is -2.67. The molecular formula is C37H45NO5. The van der Waals surface area contributed by atoms with Crippen LogP contribution in [0.15, 0.2) is 41.7 Å². The lowest BCUT2D eigenvalue weighted by molar-refractivity contribution is -0.157. The lowest BCUT2D eigenvalue weighted by Gasteiger charge is -2.62. The van der Waals surface area contributed by atoms with Crippen LogP contribution in [0.5, 0.6) is 0 Å². The van der Waals surface area contributed by atoms with Gasteiger partial charge in [0.2, 0.25) is 0 Å². The van der Waals surface area contributed by atoms with Crippen LogP contribution in [-0.2, 0) is 32.5 Å². The molecule has 8 rings (SSSR count). The van der Waals surface area contributed by atoms with Crippen LogP contribution >= 0.6 is 0 Å². The van der Waals surface area contributed by atoms with E-state index in [4.69, 9.17) is 9.47 Å². The van der Waals surface area contributed by atoms with Crippen LogP contribution in [0.25, 0.3) is 16.5 Å². The quantitative estimate of drug-likeness (QED) is 0.371. The molecule has 3 heterocycles. The summed E-state index contributed by atoms with van der Waals surface area (Å²) in [6.45, 7) is 16.5. The number of aliphatic hydroxyl groups is 2. The molecule has 2 aromatic rings. The topological polar surface area (TPSA) is 91.8 Å². The van der Waals surface area contributed by atoms with Gasteiger partial charge in [0.15, 0.2) is 11.9 Å². The monoisotopic (exact) mass is 583 g/mol. The van der Waals surface area contributed by atoms with Crippen molar-refractivity contribution in [3.05, 3.63) is 64.1 Å². The summed E-state index contributed by atoms with van der Waals surface area (Å²) in [6, 6.07) is 4.80. The van der Waals surface area contributed by atoms with E-state index in [1.54, 1.807) is 19.9 Å². The number of ketones is 1. The highest BCUT2D eigenvalue weighted by Crippen LogP contribution is 2.69. The molecule has 1 aromatic heterocycles. The van der Waals surface area contributed by atoms with Gasteiger partial charge < -0.3 is 24.7 Å². The molecule has 1 fully saturated rings. The number of carbonyl (C=O) groups excluding carboxylic acids is 1. The van der Waals surface area contributed by atoms with Crippen LogP contribution in [0.4, 0.5) is 0 Å². The number of ether oxygens (including phenoxy) is 2. The van der Waals surface area contributed by atoms with Crippen molar-refractivity contribution in [3.63, 3.8) is 0 Å². The molecule has 0 amide bonds. The summed E-state index contributed by atoms with van der Waals surface area (Å²) in [5.41, 5.74) is 4.54. The normalized spacial score (nSPS) is 38.5. The molecule has 3 N–H and O–H groups in total. The van der Waals surface area contributed by atoms with Crippen molar-refractivity contribution in [2.24, 2.45) is 17.3 Å². The summed E-state index contributed by atoms with van der Waals surface area (Å²) in [5, 5.41) is 24.6. The zero-order valence-corrected chi connectivity index (χ0v) is 26.8. The van der Waals surface area contributed by atoms with E-state index in [0.717, 1.165) is 19.3 Å². The lowest BCUT2D eigenvalue weighted by Crippen LogP contribution is -2.65. The predicted molar refractivity (Wildman–Crippen MR) is 167 cm³/mol. The summed E-state index contributed by atoms with van der Waals surface area (Å²) in [7, 11) is 0. The van der Waals surface area contributed by atoms with Crippen molar-refractivity contribution in [2.75, 3.05) is 0 Å². The molecular weight excluding hydrogens is 538 g/mol. The highest BCUT2D eigenvalue weighted by Gasteiger charge is 2.69. The molecule has 43 heavy (non-hydrogen) atoms. The second-order valence-corrected chi connectivity index (χ2v) is 16.4. The number of benzene rings is 1. The van der Waals surface area contributed by atoms with Gasteiger partial charge in [-0.05, 0) is 132 Å². The molecule has 0 saturated heterocycles. The maximum atomic E-state index is 13.2. The summed E-state index contributed by atoms with van der Waals surface area (Å²) in [5.74, 6) is 0.987. The average Bonchev–Trinajstić information content (AvgIpc) is 3.52. The van der Waals surface area contributed by atoms with Gasteiger partial charge in [-0.3, -0.25) is 4.79 Å². The van der Waals surface area contributed by atoms with Crippen LogP contribution < -0.4 is 0 Å². The van der Waals surface area contributed by atoms with Crippen molar-refractivity contribution < 1.29 is 24.5 Å². The lowest BCUT2D eigenvalue weighted by atomic mass is 9.44. The summed E-state index contributed by atoms with van der Waals surface area (Å²) < 4.78 is 12.6. The Morgan fingerprint density at radius 3 is 2.53 bits per heavy atom. The minimum atomic E-state index is -1.32. The Kier molecular flexibility index (Phi) is 5.14. The van der Waals surface area contributed by atoms with Gasteiger partial charge >= 0.3 is 0 Å². The molecule has 0 bridgehead atoms. The highest BCUT2D eigenvalue weighted by molar-refractivity contribution is 5.97. The highest BCUT2D eigenvalue weighted by atomic mass is 16.5. The number of carbonyl (C=O) groups is 1. The molecule has 0 spiro atoms. The van der Waals surface area contributed by atoms with Gasteiger partial charge in [0.25, 0.3) is 0 Å². The second kappa shape index (κ2) is 7.94. The Bertz CT molecular complexity index is 1730. The number of hydrogen-bond donors (Lipinski definition) is 3. The number of aromatic amines is 1. The third-order valence-corrected chi connectivity index (χ3v) is 12.6. The van der Waals surface area contributed by atoms with E-state index >= 15 is 0 Å². The van der Waals surface area contributed by atoms with Gasteiger partial charge in [-0.15, -0.1) is 0 Å². The van der Waals surface area contributed by atoms with Gasteiger partial charge in [-0.25, -0.2) is 0 Å². The average molecular weight is 584 g/mol. The van der Waals surface area contributed by atoms with Gasteiger partial charge in [-0.2, -0.15) is 0 Å². The molecule has 6 unspecified atom stereocenters. The minimum absolute atomic E-state index is 0.233. The van der Waals surface area contributed by atoms with E-state index in [2.05, 4.69) is 70.8 Å². The fourth-order valence-electron chi connectivity index (χ4n) is 10.4. The molecule has 6 aliphatic rings. The summed E-state index contributed by atoms with van der Waals surface area (Å²) in [6.07, 6.45) is 9.00. The number of rotatable bonds is 1. The Morgan fingerprint density at radius 2 is 1.81 bits per heavy atom. The second-order valence-electron chi connectivity index (χ2n) is 16.4. The van der Waals surface area contributed by atoms with Crippen LogP contribution in [0.2, 0.25) is 0 Å². The zero-order valence-electron chi connectivity index (χ0n) is 26.8. The summed E-state index contributed by atoms with van der Waals surface area (Å²) in [4.78, 5) is 17.1. The van der Waals surface area contributed by atoms with Crippen LogP contribution in [-0.4, -0.2) is 49.5 Å². The van der Waals surface area contributed by atoms with E-state index in [0.29, 0.717) is 36.0 Å². The van der Waals surface area contributed by atoms with E-state index in [1.807, 2.05) is 0 Å². The largest absolute Gasteiger partial charge is 0.479 e. The minimum Gasteiger partial charge on any atom is -0.479 e. The van der Waals surface area contributed by atoms with Crippen molar-refractivity contribution in [1.82, 2.24) is 4.98 Å². The first-order valence-electron chi connectivity index (χ1n) is 16.1. The standard InChI is InChI=1S/C37H45NO5/c1-32(2)18-24-21-16-27-22(13-19(21)14-25(24)34(5,6)43-32)23-15-20-9-12-37(41)26-17-28(39)31(33(3,4)40)42-29(26)10-11-35(37,7)36(20,8)30(23)38-27/h10,13,16-18,20,25,31,38,40-41H,9,11-12,14-15H2,1-8H3. The SMILES string of the molecule is CC1(C)C=C2c3cc4[nH]c5c(c4cc3CC2C(C)(C)O1)CC1CCC2(O)C3=CC(=O)C(C(C)(C)O)OC3=CCC2(C)C51C. The zero-order chi connectivity index (χ0) is 30.7. The van der Waals surface area contributed by atoms with E-state index < -0.39 is 22.7 Å². The van der Waals surface area contributed by atoms with Gasteiger partial charge in [0.05, 0.1) is 16.8 Å². The first-order valence-corrected chi connectivity index (χ1v) is 16.1. The third kappa shape index (κ3) is 3.33. The molecule has 4 aliphatic carbocycles. The smallest absolute Gasteiger partial charge is 0.199 e. The molecule has 1 saturated carbocycles. The van der Waals surface area contributed by atoms with Crippen molar-refractivity contribution >= 4 is 22.3 Å². The molecule has 6 atom stereocenters. The Morgan fingerprint density at radius 1 is 1.07 bits per heavy atom. The number of aromatic nitrogens is 1. The predicted octanol–water partition coefficient (Wildman–Crippen LogP) is 6.23. The first-order chi connectivity index (χ1) is 19.9. The maximum absolute atomic E-state index is 13.2. The van der Waals surface area contributed by atoms with E-state index in [9.17, 15) is 15.0 Å². The molecule has 6 nitrogen and oxygen atoms in total. The number of H-pyrrole nitrogens is 1. The van der Waals surface area contributed by atoms with Crippen LogP contribution in [0.1, 0.15) is 97.0 Å². The molecule has 6 heteroatoms. The van der Waals surface area contributed by atoms with E-state index in [1.165, 1.54) is 38.9 Å². The summed E-state index contributed by atoms with van der Waals surface area (Å²) >= 11 is 0. The molecule has 0 radical (unpaired) electrons. The number of fused-ring (bicyclic) bond motifs is 12. The molecule has 2 aliphatic heterocycles. The van der Waals surface area contributed by atoms with Gasteiger partial charge in [-0.1, -0.05) is 13.8 Å². The maximum Gasteiger partial charge on any atom is 0.199 e. The van der Waals surface area contributed by atoms with Crippen LogP contribution in [0, 0.1) is 17.3 Å². The fraction of sp³-hybridized carbons (Fsp3) is 0.595. The Balaban J connectivity index is 1.24. The van der Waals surface area contributed by atoms with Gasteiger partial charge in [0, 0.05) is 38.9 Å². The first kappa shape index (κ1) is 27.8. The fourth-order valence-corrected chi connectivity index (χ4v) is 10.4. The third-order valence-electron chi connectivity index (χ3n) is 12.6. The Labute approximate surface area is 254 Å². The van der Waals surface area contributed by atoms with Crippen LogP contribution in [0.3, 0.4) is 0 Å². The van der Waals surface area contributed by atoms with Crippen molar-refractivity contribution in [1.29, 1.82) is 0 Å². The van der Waals surface area contributed by atoms with Gasteiger partial charge in [0.1, 0.15) is 11.4 Å². The number of nitrogens with one attached hydrogen (secondary N) is 1. The molecule has 228 valence electrons. The number of hydrogen-bond acceptors (Lipinski definition) is 5. The molecule has 1 aromatic carbocycles. The van der Waals surface area contributed by atoms with Crippen molar-refractivity contribution in [2.45, 2.75) is 121 Å².